The highest BCUT2D eigenvalue weighted by molar-refractivity contribution is 5.63. The van der Waals surface area contributed by atoms with Gasteiger partial charge in [0.15, 0.2) is 0 Å². The molecule has 0 N–H and O–H groups in total. The fourth-order valence-electron chi connectivity index (χ4n) is 1.54. The van der Waals surface area contributed by atoms with Gasteiger partial charge in [-0.25, -0.2) is 0 Å². The van der Waals surface area contributed by atoms with Crippen molar-refractivity contribution in [2.75, 3.05) is 0 Å². The summed E-state index contributed by atoms with van der Waals surface area (Å²) in [5.74, 6) is 1.22. The van der Waals surface area contributed by atoms with Crippen molar-refractivity contribution in [3.63, 3.8) is 0 Å². The Labute approximate surface area is 86.9 Å². The van der Waals surface area contributed by atoms with Crippen LogP contribution in [0.25, 0.3) is 5.57 Å². The molecule has 14 heavy (non-hydrogen) atoms. The van der Waals surface area contributed by atoms with Gasteiger partial charge in [-0.15, -0.1) is 0 Å². The Kier molecular flexibility index (Phi) is 3.87. The summed E-state index contributed by atoms with van der Waals surface area (Å²) in [6.45, 7) is 8.84. The largest absolute Gasteiger partial charge is 0.257 e. The second-order valence-electron chi connectivity index (χ2n) is 3.99. The summed E-state index contributed by atoms with van der Waals surface area (Å²) in [4.78, 5) is 4.39. The summed E-state index contributed by atoms with van der Waals surface area (Å²) >= 11 is 0. The van der Waals surface area contributed by atoms with Gasteiger partial charge in [-0.3, -0.25) is 4.98 Å². The van der Waals surface area contributed by atoms with E-state index in [1.807, 2.05) is 18.3 Å². The summed E-state index contributed by atoms with van der Waals surface area (Å²) in [6.07, 6.45) is 4.03. The van der Waals surface area contributed by atoms with Crippen molar-refractivity contribution in [2.24, 2.45) is 11.8 Å². The average Bonchev–Trinajstić information content (AvgIpc) is 2.20. The summed E-state index contributed by atoms with van der Waals surface area (Å²) in [5.41, 5.74) is 2.46. The molecule has 1 heteroatoms. The van der Waals surface area contributed by atoms with Crippen molar-refractivity contribution >= 4 is 5.57 Å². The number of aromatic nitrogens is 1. The number of hydrogen-bond acceptors (Lipinski definition) is 1. The lowest BCUT2D eigenvalue weighted by Gasteiger charge is -2.18. The van der Waals surface area contributed by atoms with Crippen LogP contribution in [0, 0.1) is 11.8 Å². The van der Waals surface area contributed by atoms with Crippen LogP contribution in [0.4, 0.5) is 0 Å². The van der Waals surface area contributed by atoms with E-state index in [0.717, 1.165) is 5.69 Å². The van der Waals surface area contributed by atoms with Gasteiger partial charge in [0.05, 0.1) is 5.69 Å². The summed E-state index contributed by atoms with van der Waals surface area (Å²) in [7, 11) is 0. The van der Waals surface area contributed by atoms with Gasteiger partial charge >= 0.3 is 0 Å². The monoisotopic (exact) mass is 189 g/mol. The standard InChI is InChI=1S/C13H19N/c1-5-12(11(4)10(2)3)13-8-6-7-9-14-13/h5-11H,1-4H3/b12-5+. The predicted octanol–water partition coefficient (Wildman–Crippen LogP) is 3.78. The topological polar surface area (TPSA) is 12.9 Å². The van der Waals surface area contributed by atoms with Crippen LogP contribution >= 0.6 is 0 Å². The number of rotatable bonds is 3. The predicted molar refractivity (Wildman–Crippen MR) is 61.9 cm³/mol. The average molecular weight is 189 g/mol. The minimum atomic E-state index is 0.565. The maximum absolute atomic E-state index is 4.39. The van der Waals surface area contributed by atoms with Crippen molar-refractivity contribution in [1.82, 2.24) is 4.98 Å². The molecule has 0 radical (unpaired) electrons. The third kappa shape index (κ3) is 2.44. The Morgan fingerprint density at radius 1 is 1.29 bits per heavy atom. The Morgan fingerprint density at radius 3 is 2.43 bits per heavy atom. The number of pyridine rings is 1. The molecular formula is C13H19N. The summed E-state index contributed by atoms with van der Waals surface area (Å²) in [5, 5.41) is 0. The molecule has 0 saturated carbocycles. The SMILES string of the molecule is C/C=C(/c1ccccn1)C(C)C(C)C. The van der Waals surface area contributed by atoms with Crippen molar-refractivity contribution in [1.29, 1.82) is 0 Å². The van der Waals surface area contributed by atoms with Crippen LogP contribution in [0.15, 0.2) is 30.5 Å². The normalized spacial score (nSPS) is 14.5. The number of nitrogens with zero attached hydrogens (tertiary/aromatic N) is 1. The molecule has 1 unspecified atom stereocenters. The molecule has 0 saturated heterocycles. The lowest BCUT2D eigenvalue weighted by molar-refractivity contribution is 0.516. The maximum Gasteiger partial charge on any atom is 0.0661 e. The van der Waals surface area contributed by atoms with Crippen molar-refractivity contribution in [2.45, 2.75) is 27.7 Å². The second-order valence-corrected chi connectivity index (χ2v) is 3.99. The van der Waals surface area contributed by atoms with Gasteiger partial charge in [-0.1, -0.05) is 32.9 Å². The lowest BCUT2D eigenvalue weighted by atomic mass is 9.88. The zero-order valence-electron chi connectivity index (χ0n) is 9.49. The van der Waals surface area contributed by atoms with Gasteiger partial charge in [-0.05, 0) is 36.5 Å². The van der Waals surface area contributed by atoms with Crippen LogP contribution in [0.5, 0.6) is 0 Å². The highest BCUT2D eigenvalue weighted by Gasteiger charge is 2.14. The third-order valence-corrected chi connectivity index (χ3v) is 2.76. The molecule has 0 aliphatic carbocycles. The van der Waals surface area contributed by atoms with Crippen LogP contribution in [-0.2, 0) is 0 Å². The molecule has 1 rings (SSSR count). The van der Waals surface area contributed by atoms with Crippen molar-refractivity contribution in [3.8, 4) is 0 Å². The van der Waals surface area contributed by atoms with E-state index < -0.39 is 0 Å². The zero-order valence-corrected chi connectivity index (χ0v) is 9.49. The maximum atomic E-state index is 4.39. The zero-order chi connectivity index (χ0) is 10.6. The lowest BCUT2D eigenvalue weighted by Crippen LogP contribution is -2.07. The molecule has 1 nitrogen and oxygen atoms in total. The second kappa shape index (κ2) is 4.94. The summed E-state index contributed by atoms with van der Waals surface area (Å²) < 4.78 is 0. The fraction of sp³-hybridized carbons (Fsp3) is 0.462. The highest BCUT2D eigenvalue weighted by Crippen LogP contribution is 2.27. The molecule has 0 aliphatic heterocycles. The molecule has 1 aromatic heterocycles. The first-order valence-corrected chi connectivity index (χ1v) is 5.24. The third-order valence-electron chi connectivity index (χ3n) is 2.76. The number of allylic oxidation sites excluding steroid dienone is 2. The molecule has 0 bridgehead atoms. The van der Waals surface area contributed by atoms with Gasteiger partial charge < -0.3 is 0 Å². The van der Waals surface area contributed by atoms with Gasteiger partial charge in [0.25, 0.3) is 0 Å². The first-order chi connectivity index (χ1) is 6.66. The first-order valence-electron chi connectivity index (χ1n) is 5.24. The Hall–Kier alpha value is -1.11. The first kappa shape index (κ1) is 11.0. The molecular weight excluding hydrogens is 170 g/mol. The van der Waals surface area contributed by atoms with Gasteiger partial charge in [0.2, 0.25) is 0 Å². The van der Waals surface area contributed by atoms with E-state index in [0.29, 0.717) is 11.8 Å². The molecule has 1 aromatic rings. The molecule has 0 fully saturated rings. The van der Waals surface area contributed by atoms with Crippen LogP contribution in [0.3, 0.4) is 0 Å². The van der Waals surface area contributed by atoms with Crippen LogP contribution < -0.4 is 0 Å². The Morgan fingerprint density at radius 2 is 2.00 bits per heavy atom. The molecule has 76 valence electrons. The molecule has 1 atom stereocenters. The van der Waals surface area contributed by atoms with E-state index in [9.17, 15) is 0 Å². The molecule has 0 amide bonds. The van der Waals surface area contributed by atoms with Crippen molar-refractivity contribution in [3.05, 3.63) is 36.2 Å². The molecule has 0 aromatic carbocycles. The van der Waals surface area contributed by atoms with Gasteiger partial charge in [0, 0.05) is 6.20 Å². The van der Waals surface area contributed by atoms with Crippen molar-refractivity contribution < 1.29 is 0 Å². The van der Waals surface area contributed by atoms with E-state index in [-0.39, 0.29) is 0 Å². The van der Waals surface area contributed by atoms with Crippen LogP contribution in [0.2, 0.25) is 0 Å². The van der Waals surface area contributed by atoms with E-state index >= 15 is 0 Å². The number of hydrogen-bond donors (Lipinski definition) is 0. The van der Waals surface area contributed by atoms with E-state index in [4.69, 9.17) is 0 Å². The van der Waals surface area contributed by atoms with Gasteiger partial charge in [0.1, 0.15) is 0 Å². The quantitative estimate of drug-likeness (QED) is 0.705. The van der Waals surface area contributed by atoms with Crippen LogP contribution in [0.1, 0.15) is 33.4 Å². The van der Waals surface area contributed by atoms with E-state index in [1.165, 1.54) is 5.57 Å². The minimum Gasteiger partial charge on any atom is -0.257 e. The van der Waals surface area contributed by atoms with E-state index in [1.54, 1.807) is 0 Å². The highest BCUT2D eigenvalue weighted by atomic mass is 14.7. The van der Waals surface area contributed by atoms with Crippen LogP contribution in [-0.4, -0.2) is 4.98 Å². The molecule has 0 aliphatic rings. The summed E-state index contributed by atoms with van der Waals surface area (Å²) in [6, 6.07) is 6.07. The Balaban J connectivity index is 2.95. The smallest absolute Gasteiger partial charge is 0.0661 e. The molecule has 0 spiro atoms. The van der Waals surface area contributed by atoms with Gasteiger partial charge in [-0.2, -0.15) is 0 Å². The van der Waals surface area contributed by atoms with E-state index in [2.05, 4.69) is 44.8 Å². The fourth-order valence-corrected chi connectivity index (χ4v) is 1.54. The molecule has 1 heterocycles. The Bertz CT molecular complexity index is 298. The minimum absolute atomic E-state index is 0.565.